The summed E-state index contributed by atoms with van der Waals surface area (Å²) in [6.07, 6.45) is -0.0536. The van der Waals surface area contributed by atoms with Gasteiger partial charge in [0, 0.05) is 32.7 Å². The van der Waals surface area contributed by atoms with Gasteiger partial charge in [0.15, 0.2) is 0 Å². The van der Waals surface area contributed by atoms with Crippen molar-refractivity contribution < 1.29 is 14.3 Å². The van der Waals surface area contributed by atoms with Crippen LogP contribution in [0.3, 0.4) is 0 Å². The van der Waals surface area contributed by atoms with Crippen LogP contribution in [0.25, 0.3) is 0 Å². The van der Waals surface area contributed by atoms with E-state index >= 15 is 0 Å². The number of nitrogens with one attached hydrogen (secondary N) is 2. The lowest BCUT2D eigenvalue weighted by Gasteiger charge is -2.30. The Bertz CT molecular complexity index is 279. The summed E-state index contributed by atoms with van der Waals surface area (Å²) in [6, 6.07) is -0.219. The molecule has 8 heteroatoms. The minimum atomic E-state index is -0.219. The average molecular weight is 330 g/mol. The second-order valence-electron chi connectivity index (χ2n) is 4.75. The number of morpholine rings is 2. The third-order valence-electron chi connectivity index (χ3n) is 3.43. The predicted molar refractivity (Wildman–Crippen MR) is 82.0 cm³/mol. The minimum absolute atomic E-state index is 0. The molecule has 2 heterocycles. The first-order valence-corrected chi connectivity index (χ1v) is 6.70. The lowest BCUT2D eigenvalue weighted by molar-refractivity contribution is -0.129. The van der Waals surface area contributed by atoms with Crippen molar-refractivity contribution in [3.8, 4) is 0 Å². The van der Waals surface area contributed by atoms with E-state index in [9.17, 15) is 4.79 Å². The first kappa shape index (κ1) is 19.9. The molecule has 2 aliphatic heterocycles. The summed E-state index contributed by atoms with van der Waals surface area (Å²) in [7, 11) is 0. The molecule has 0 unspecified atom stereocenters. The van der Waals surface area contributed by atoms with Crippen LogP contribution in [0, 0.1) is 0 Å². The number of hydrogen-bond donors (Lipinski definition) is 2. The summed E-state index contributed by atoms with van der Waals surface area (Å²) in [4.78, 5) is 14.3. The maximum absolute atomic E-state index is 12.0. The molecule has 20 heavy (non-hydrogen) atoms. The van der Waals surface area contributed by atoms with Crippen LogP contribution in [-0.4, -0.2) is 75.5 Å². The van der Waals surface area contributed by atoms with Crippen LogP contribution in [-0.2, 0) is 14.3 Å². The number of ether oxygens (including phenoxy) is 2. The Morgan fingerprint density at radius 2 is 2.00 bits per heavy atom. The van der Waals surface area contributed by atoms with Gasteiger partial charge < -0.3 is 20.1 Å². The highest BCUT2D eigenvalue weighted by atomic mass is 35.5. The second kappa shape index (κ2) is 10.6. The molecule has 1 amide bonds. The number of halogens is 2. The van der Waals surface area contributed by atoms with Gasteiger partial charge in [0.1, 0.15) is 6.04 Å². The molecule has 0 aliphatic carbocycles. The molecule has 0 aromatic rings. The molecule has 2 fully saturated rings. The van der Waals surface area contributed by atoms with E-state index in [1.807, 2.05) is 6.92 Å². The van der Waals surface area contributed by atoms with Crippen molar-refractivity contribution >= 4 is 30.7 Å². The van der Waals surface area contributed by atoms with Crippen molar-refractivity contribution in [2.24, 2.45) is 0 Å². The normalized spacial score (nSPS) is 27.1. The second-order valence-corrected chi connectivity index (χ2v) is 4.75. The molecule has 2 atom stereocenters. The molecule has 0 spiro atoms. The van der Waals surface area contributed by atoms with Crippen molar-refractivity contribution in [2.75, 3.05) is 52.5 Å². The molecule has 6 nitrogen and oxygen atoms in total. The van der Waals surface area contributed by atoms with Crippen LogP contribution in [0.5, 0.6) is 0 Å². The molecule has 120 valence electrons. The number of rotatable bonds is 4. The van der Waals surface area contributed by atoms with E-state index in [2.05, 4.69) is 15.5 Å². The van der Waals surface area contributed by atoms with E-state index in [4.69, 9.17) is 9.47 Å². The number of amides is 1. The molecule has 0 bridgehead atoms. The predicted octanol–water partition coefficient (Wildman–Crippen LogP) is -0.345. The van der Waals surface area contributed by atoms with Gasteiger partial charge in [-0.15, -0.1) is 24.8 Å². The lowest BCUT2D eigenvalue weighted by Crippen LogP contribution is -2.56. The minimum Gasteiger partial charge on any atom is -0.379 e. The van der Waals surface area contributed by atoms with Crippen LogP contribution in [0.2, 0.25) is 0 Å². The SMILES string of the molecule is C[C@H]1OCCN[C@@H]1C(=O)NCCN1CCOCC1.Cl.Cl. The van der Waals surface area contributed by atoms with Gasteiger partial charge in [0.25, 0.3) is 0 Å². The summed E-state index contributed by atoms with van der Waals surface area (Å²) in [5.41, 5.74) is 0. The Morgan fingerprint density at radius 1 is 1.30 bits per heavy atom. The van der Waals surface area contributed by atoms with Gasteiger partial charge in [-0.25, -0.2) is 0 Å². The third kappa shape index (κ3) is 6.11. The molecule has 2 aliphatic rings. The van der Waals surface area contributed by atoms with Crippen molar-refractivity contribution in [1.82, 2.24) is 15.5 Å². The summed E-state index contributed by atoms with van der Waals surface area (Å²) < 4.78 is 10.7. The molecule has 2 saturated heterocycles. The Kier molecular flexibility index (Phi) is 10.5. The van der Waals surface area contributed by atoms with Crippen molar-refractivity contribution in [3.05, 3.63) is 0 Å². The van der Waals surface area contributed by atoms with E-state index in [1.165, 1.54) is 0 Å². The van der Waals surface area contributed by atoms with Gasteiger partial charge in [-0.3, -0.25) is 9.69 Å². The fourth-order valence-corrected chi connectivity index (χ4v) is 2.30. The Balaban J connectivity index is 0.00000180. The summed E-state index contributed by atoms with van der Waals surface area (Å²) >= 11 is 0. The quantitative estimate of drug-likeness (QED) is 0.738. The molecule has 0 radical (unpaired) electrons. The van der Waals surface area contributed by atoms with Crippen LogP contribution in [0.4, 0.5) is 0 Å². The molecule has 0 saturated carbocycles. The van der Waals surface area contributed by atoms with Crippen molar-refractivity contribution in [3.63, 3.8) is 0 Å². The van der Waals surface area contributed by atoms with Crippen molar-refractivity contribution in [2.45, 2.75) is 19.1 Å². The molecular weight excluding hydrogens is 305 g/mol. The van der Waals surface area contributed by atoms with Gasteiger partial charge in [-0.1, -0.05) is 0 Å². The Hall–Kier alpha value is -0.110. The topological polar surface area (TPSA) is 62.8 Å². The van der Waals surface area contributed by atoms with Gasteiger partial charge in [-0.2, -0.15) is 0 Å². The molecule has 0 aromatic heterocycles. The first-order chi connectivity index (χ1) is 8.77. The molecule has 2 rings (SSSR count). The molecule has 0 aromatic carbocycles. The van der Waals surface area contributed by atoms with E-state index in [1.54, 1.807) is 0 Å². The van der Waals surface area contributed by atoms with Crippen molar-refractivity contribution in [1.29, 1.82) is 0 Å². The summed E-state index contributed by atoms with van der Waals surface area (Å²) in [6.45, 7) is 8.42. The number of hydrogen-bond acceptors (Lipinski definition) is 5. The zero-order chi connectivity index (χ0) is 12.8. The first-order valence-electron chi connectivity index (χ1n) is 6.70. The van der Waals surface area contributed by atoms with Crippen LogP contribution >= 0.6 is 24.8 Å². The monoisotopic (exact) mass is 329 g/mol. The van der Waals surface area contributed by atoms with Gasteiger partial charge >= 0.3 is 0 Å². The smallest absolute Gasteiger partial charge is 0.239 e. The van der Waals surface area contributed by atoms with Gasteiger partial charge in [0.2, 0.25) is 5.91 Å². The average Bonchev–Trinajstić information content (AvgIpc) is 2.40. The van der Waals surface area contributed by atoms with E-state index in [-0.39, 0.29) is 42.9 Å². The molecular formula is C12H25Cl2N3O3. The van der Waals surface area contributed by atoms with Crippen LogP contribution in [0.15, 0.2) is 0 Å². The zero-order valence-electron chi connectivity index (χ0n) is 11.8. The maximum atomic E-state index is 12.0. The van der Waals surface area contributed by atoms with Crippen LogP contribution < -0.4 is 10.6 Å². The maximum Gasteiger partial charge on any atom is 0.239 e. The van der Waals surface area contributed by atoms with E-state index < -0.39 is 0 Å². The van der Waals surface area contributed by atoms with E-state index in [0.29, 0.717) is 13.2 Å². The standard InChI is InChI=1S/C12H23N3O3.2ClH/c1-10-11(13-3-7-18-10)12(16)14-2-4-15-5-8-17-9-6-15;;/h10-11,13H,2-9H2,1H3,(H,14,16);2*1H/t10-,11+;;/m1../s1. The highest BCUT2D eigenvalue weighted by Crippen LogP contribution is 2.03. The number of nitrogens with zero attached hydrogens (tertiary/aromatic N) is 1. The number of carbonyl (C=O) groups excluding carboxylic acids is 1. The fraction of sp³-hybridized carbons (Fsp3) is 0.917. The van der Waals surface area contributed by atoms with Crippen LogP contribution in [0.1, 0.15) is 6.92 Å². The highest BCUT2D eigenvalue weighted by Gasteiger charge is 2.27. The Labute approximate surface area is 132 Å². The van der Waals surface area contributed by atoms with E-state index in [0.717, 1.165) is 39.4 Å². The lowest BCUT2D eigenvalue weighted by atomic mass is 10.1. The zero-order valence-corrected chi connectivity index (χ0v) is 13.4. The Morgan fingerprint density at radius 3 is 2.65 bits per heavy atom. The summed E-state index contributed by atoms with van der Waals surface area (Å²) in [5.74, 6) is 0.0375. The highest BCUT2D eigenvalue weighted by molar-refractivity contribution is 5.85. The largest absolute Gasteiger partial charge is 0.379 e. The molecule has 2 N–H and O–H groups in total. The third-order valence-corrected chi connectivity index (χ3v) is 3.43. The number of carbonyl (C=O) groups is 1. The fourth-order valence-electron chi connectivity index (χ4n) is 2.30. The van der Waals surface area contributed by atoms with Gasteiger partial charge in [0.05, 0.1) is 25.9 Å². The van der Waals surface area contributed by atoms with Gasteiger partial charge in [-0.05, 0) is 6.92 Å². The summed E-state index contributed by atoms with van der Waals surface area (Å²) in [5, 5.41) is 6.15.